The van der Waals surface area contributed by atoms with E-state index in [0.29, 0.717) is 22.7 Å². The van der Waals surface area contributed by atoms with Crippen LogP contribution < -0.4 is 0 Å². The van der Waals surface area contributed by atoms with E-state index in [2.05, 4.69) is 9.72 Å². The Balaban J connectivity index is 1.71. The zero-order valence-electron chi connectivity index (χ0n) is 13.5. The molecule has 0 fully saturated rings. The van der Waals surface area contributed by atoms with E-state index >= 15 is 0 Å². The summed E-state index contributed by atoms with van der Waals surface area (Å²) < 4.78 is 17.0. The molecule has 0 atom stereocenters. The average molecular weight is 328 g/mol. The van der Waals surface area contributed by atoms with Gasteiger partial charge in [-0.25, -0.2) is 14.6 Å². The zero-order valence-corrected chi connectivity index (χ0v) is 13.5. The molecule has 0 saturated heterocycles. The Morgan fingerprint density at radius 3 is 2.79 bits per heavy atom. The minimum atomic E-state index is -0.565. The molecule has 0 unspecified atom stereocenters. The van der Waals surface area contributed by atoms with Gasteiger partial charge in [0.05, 0.1) is 7.11 Å². The van der Waals surface area contributed by atoms with E-state index in [4.69, 9.17) is 9.15 Å². The molecule has 0 aliphatic rings. The van der Waals surface area contributed by atoms with Crippen LogP contribution in [0.5, 0.6) is 0 Å². The normalized spacial score (nSPS) is 10.8. The number of imidazole rings is 1. The van der Waals surface area contributed by atoms with Gasteiger partial charge in [-0.2, -0.15) is 0 Å². The van der Waals surface area contributed by atoms with Crippen LogP contribution in [0.1, 0.15) is 37.9 Å². The second-order valence-corrected chi connectivity index (χ2v) is 5.35. The maximum absolute atomic E-state index is 12.1. The molecule has 0 saturated carbocycles. The number of carbonyl (C=O) groups is 2. The summed E-state index contributed by atoms with van der Waals surface area (Å²) in [4.78, 5) is 27.9. The Kier molecular flexibility index (Phi) is 4.07. The van der Waals surface area contributed by atoms with Gasteiger partial charge in [-0.15, -0.1) is 0 Å². The molecular formula is C17H16N2O5. The summed E-state index contributed by atoms with van der Waals surface area (Å²) in [7, 11) is 1.29. The van der Waals surface area contributed by atoms with Crippen molar-refractivity contribution < 1.29 is 23.5 Å². The number of hydrogen-bond donors (Lipinski definition) is 0. The standard InChI is InChI=1S/C17H16N2O5/c1-10-4-5-19-8-14(18-15(19)6-10)17(21)23-9-12-7-13(11(2)24-12)16(20)22-3/h4-8H,9H2,1-3H3. The third-order valence-electron chi connectivity index (χ3n) is 3.54. The molecule has 24 heavy (non-hydrogen) atoms. The van der Waals surface area contributed by atoms with Crippen LogP contribution in [0.15, 0.2) is 35.0 Å². The first-order valence-electron chi connectivity index (χ1n) is 7.28. The number of aromatic nitrogens is 2. The molecule has 3 heterocycles. The van der Waals surface area contributed by atoms with Gasteiger partial charge in [0.1, 0.15) is 29.3 Å². The van der Waals surface area contributed by atoms with Crippen molar-refractivity contribution in [1.82, 2.24) is 9.38 Å². The molecule has 3 rings (SSSR count). The van der Waals surface area contributed by atoms with Gasteiger partial charge in [0.2, 0.25) is 0 Å². The molecular weight excluding hydrogens is 312 g/mol. The second kappa shape index (κ2) is 6.19. The number of furan rings is 1. The van der Waals surface area contributed by atoms with Gasteiger partial charge in [0, 0.05) is 12.4 Å². The Morgan fingerprint density at radius 1 is 1.25 bits per heavy atom. The summed E-state index contributed by atoms with van der Waals surface area (Å²) in [5, 5.41) is 0. The van der Waals surface area contributed by atoms with Crippen LogP contribution >= 0.6 is 0 Å². The molecule has 7 heteroatoms. The first-order chi connectivity index (χ1) is 11.5. The summed E-state index contributed by atoms with van der Waals surface area (Å²) in [5.74, 6) is -0.286. The summed E-state index contributed by atoms with van der Waals surface area (Å²) in [6.07, 6.45) is 3.43. The van der Waals surface area contributed by atoms with Gasteiger partial charge >= 0.3 is 11.9 Å². The topological polar surface area (TPSA) is 83.0 Å². The lowest BCUT2D eigenvalue weighted by molar-refractivity contribution is 0.0437. The fourth-order valence-electron chi connectivity index (χ4n) is 2.32. The quantitative estimate of drug-likeness (QED) is 0.685. The van der Waals surface area contributed by atoms with Gasteiger partial charge in [-0.3, -0.25) is 0 Å². The number of carbonyl (C=O) groups excluding carboxylic acids is 2. The molecule has 7 nitrogen and oxygen atoms in total. The van der Waals surface area contributed by atoms with E-state index in [0.717, 1.165) is 5.56 Å². The number of hydrogen-bond acceptors (Lipinski definition) is 6. The van der Waals surface area contributed by atoms with Crippen LogP contribution in [0.4, 0.5) is 0 Å². The SMILES string of the molecule is COC(=O)c1cc(COC(=O)c2cn3ccc(C)cc3n2)oc1C. The maximum Gasteiger partial charge on any atom is 0.359 e. The van der Waals surface area contributed by atoms with Crippen molar-refractivity contribution in [1.29, 1.82) is 0 Å². The number of ether oxygens (including phenoxy) is 2. The number of pyridine rings is 1. The van der Waals surface area contributed by atoms with Crippen LogP contribution in [0, 0.1) is 13.8 Å². The predicted molar refractivity (Wildman–Crippen MR) is 83.8 cm³/mol. The van der Waals surface area contributed by atoms with Crippen molar-refractivity contribution in [3.63, 3.8) is 0 Å². The number of esters is 2. The summed E-state index contributed by atoms with van der Waals surface area (Å²) in [6.45, 7) is 3.50. The highest BCUT2D eigenvalue weighted by atomic mass is 16.5. The van der Waals surface area contributed by atoms with Crippen molar-refractivity contribution in [2.24, 2.45) is 0 Å². The van der Waals surface area contributed by atoms with Gasteiger partial charge in [-0.1, -0.05) is 0 Å². The van der Waals surface area contributed by atoms with Crippen LogP contribution in [-0.2, 0) is 16.1 Å². The minimum absolute atomic E-state index is 0.0937. The van der Waals surface area contributed by atoms with Crippen molar-refractivity contribution in [2.45, 2.75) is 20.5 Å². The third-order valence-corrected chi connectivity index (χ3v) is 3.54. The molecule has 0 aliphatic heterocycles. The molecule has 0 radical (unpaired) electrons. The lowest BCUT2D eigenvalue weighted by Crippen LogP contribution is -2.05. The van der Waals surface area contributed by atoms with Gasteiger partial charge in [0.25, 0.3) is 0 Å². The Hall–Kier alpha value is -3.09. The lowest BCUT2D eigenvalue weighted by Gasteiger charge is -1.99. The first-order valence-corrected chi connectivity index (χ1v) is 7.28. The van der Waals surface area contributed by atoms with E-state index in [-0.39, 0.29) is 12.3 Å². The van der Waals surface area contributed by atoms with E-state index in [1.165, 1.54) is 13.2 Å². The van der Waals surface area contributed by atoms with Crippen LogP contribution in [0.2, 0.25) is 0 Å². The zero-order chi connectivity index (χ0) is 17.3. The lowest BCUT2D eigenvalue weighted by atomic mass is 10.2. The summed E-state index contributed by atoms with van der Waals surface area (Å²) in [6, 6.07) is 5.29. The van der Waals surface area contributed by atoms with E-state index in [1.807, 2.05) is 25.3 Å². The molecule has 3 aromatic heterocycles. The molecule has 0 aromatic carbocycles. The monoisotopic (exact) mass is 328 g/mol. The fourth-order valence-corrected chi connectivity index (χ4v) is 2.32. The number of fused-ring (bicyclic) bond motifs is 1. The van der Waals surface area contributed by atoms with Gasteiger partial charge in [-0.05, 0) is 37.6 Å². The fraction of sp³-hybridized carbons (Fsp3) is 0.235. The maximum atomic E-state index is 12.1. The van der Waals surface area contributed by atoms with Gasteiger partial charge < -0.3 is 18.3 Å². The second-order valence-electron chi connectivity index (χ2n) is 5.35. The number of nitrogens with zero attached hydrogens (tertiary/aromatic N) is 2. The highest BCUT2D eigenvalue weighted by molar-refractivity contribution is 5.90. The number of aryl methyl sites for hydroxylation is 2. The average Bonchev–Trinajstić information content (AvgIpc) is 3.14. The minimum Gasteiger partial charge on any atom is -0.465 e. The molecule has 0 aliphatic carbocycles. The summed E-state index contributed by atoms with van der Waals surface area (Å²) >= 11 is 0. The van der Waals surface area contributed by atoms with Gasteiger partial charge in [0.15, 0.2) is 5.69 Å². The highest BCUT2D eigenvalue weighted by Gasteiger charge is 2.18. The Bertz CT molecular complexity index is 922. The molecule has 0 bridgehead atoms. The van der Waals surface area contributed by atoms with Crippen LogP contribution in [0.3, 0.4) is 0 Å². The molecule has 124 valence electrons. The Morgan fingerprint density at radius 2 is 2.04 bits per heavy atom. The van der Waals surface area contributed by atoms with Crippen molar-refractivity contribution in [3.05, 3.63) is 58.9 Å². The van der Waals surface area contributed by atoms with E-state index < -0.39 is 11.9 Å². The molecule has 0 N–H and O–H groups in total. The molecule has 0 spiro atoms. The number of rotatable bonds is 4. The molecule has 3 aromatic rings. The van der Waals surface area contributed by atoms with E-state index in [9.17, 15) is 9.59 Å². The van der Waals surface area contributed by atoms with Crippen LogP contribution in [0.25, 0.3) is 5.65 Å². The smallest absolute Gasteiger partial charge is 0.359 e. The van der Waals surface area contributed by atoms with Crippen molar-refractivity contribution in [3.8, 4) is 0 Å². The van der Waals surface area contributed by atoms with E-state index in [1.54, 1.807) is 17.5 Å². The van der Waals surface area contributed by atoms with Crippen molar-refractivity contribution in [2.75, 3.05) is 7.11 Å². The predicted octanol–water partition coefficient (Wildman–Crippen LogP) is 2.69. The largest absolute Gasteiger partial charge is 0.465 e. The van der Waals surface area contributed by atoms with Crippen LogP contribution in [-0.4, -0.2) is 28.4 Å². The first kappa shape index (κ1) is 15.8. The van der Waals surface area contributed by atoms with Crippen molar-refractivity contribution >= 4 is 17.6 Å². The summed E-state index contributed by atoms with van der Waals surface area (Å²) in [5.41, 5.74) is 2.24. The number of methoxy groups -OCH3 is 1. The Labute approximate surface area is 137 Å². The third kappa shape index (κ3) is 3.01. The molecule has 0 amide bonds. The highest BCUT2D eigenvalue weighted by Crippen LogP contribution is 2.17.